The normalized spacial score (nSPS) is 14.0. The molecule has 1 N–H and O–H groups in total. The number of halogens is 1. The number of rotatable bonds is 3. The van der Waals surface area contributed by atoms with Crippen LogP contribution in [0.1, 0.15) is 15.2 Å². The SMILES string of the molecule is O=C(Nc1cc(-c2cccc(F)c2)no1)c1cc2c(s1)-c1ccccc1S(=O)(=O)C2. The average molecular weight is 440 g/mol. The molecule has 1 aliphatic heterocycles. The maximum atomic E-state index is 13.4. The Morgan fingerprint density at radius 3 is 2.77 bits per heavy atom. The molecule has 5 rings (SSSR count). The summed E-state index contributed by atoms with van der Waals surface area (Å²) in [5.74, 6) is -0.875. The van der Waals surface area contributed by atoms with E-state index >= 15 is 0 Å². The quantitative estimate of drug-likeness (QED) is 0.497. The average Bonchev–Trinajstić information content (AvgIpc) is 3.35. The predicted octanol–water partition coefficient (Wildman–Crippen LogP) is 4.75. The molecule has 0 bridgehead atoms. The smallest absolute Gasteiger partial charge is 0.268 e. The number of nitrogens with zero attached hydrogens (tertiary/aromatic N) is 1. The molecule has 2 aromatic heterocycles. The monoisotopic (exact) mass is 440 g/mol. The fraction of sp³-hybridized carbons (Fsp3) is 0.0476. The van der Waals surface area contributed by atoms with E-state index in [1.807, 2.05) is 0 Å². The lowest BCUT2D eigenvalue weighted by Gasteiger charge is -2.15. The highest BCUT2D eigenvalue weighted by Crippen LogP contribution is 2.42. The van der Waals surface area contributed by atoms with Crippen molar-refractivity contribution in [3.05, 3.63) is 76.9 Å². The zero-order valence-corrected chi connectivity index (χ0v) is 16.9. The van der Waals surface area contributed by atoms with E-state index in [1.165, 1.54) is 29.5 Å². The number of fused-ring (bicyclic) bond motifs is 3. The minimum atomic E-state index is -3.44. The number of amides is 1. The van der Waals surface area contributed by atoms with Crippen LogP contribution >= 0.6 is 11.3 Å². The summed E-state index contributed by atoms with van der Waals surface area (Å²) in [6, 6.07) is 15.7. The number of anilines is 1. The summed E-state index contributed by atoms with van der Waals surface area (Å²) in [5, 5.41) is 6.47. The number of benzene rings is 2. The van der Waals surface area contributed by atoms with E-state index in [0.717, 1.165) is 4.88 Å². The fourth-order valence-electron chi connectivity index (χ4n) is 3.38. The number of carbonyl (C=O) groups excluding carboxylic acids is 1. The number of carbonyl (C=O) groups is 1. The largest absolute Gasteiger partial charge is 0.338 e. The number of aromatic nitrogens is 1. The molecule has 9 heteroatoms. The summed E-state index contributed by atoms with van der Waals surface area (Å²) >= 11 is 1.22. The second kappa shape index (κ2) is 6.89. The zero-order chi connectivity index (χ0) is 20.9. The lowest BCUT2D eigenvalue weighted by Crippen LogP contribution is -2.11. The van der Waals surface area contributed by atoms with Crippen molar-refractivity contribution in [2.24, 2.45) is 0 Å². The van der Waals surface area contributed by atoms with E-state index in [0.29, 0.717) is 27.3 Å². The van der Waals surface area contributed by atoms with Gasteiger partial charge in [-0.2, -0.15) is 0 Å². The number of nitrogens with one attached hydrogen (secondary N) is 1. The molecule has 0 spiro atoms. The second-order valence-electron chi connectivity index (χ2n) is 6.76. The van der Waals surface area contributed by atoms with Gasteiger partial charge in [-0.15, -0.1) is 11.3 Å². The number of hydrogen-bond donors (Lipinski definition) is 1. The van der Waals surface area contributed by atoms with E-state index in [1.54, 1.807) is 42.5 Å². The summed E-state index contributed by atoms with van der Waals surface area (Å²) in [6.07, 6.45) is 0. The third-order valence-electron chi connectivity index (χ3n) is 4.71. The third kappa shape index (κ3) is 3.21. The van der Waals surface area contributed by atoms with Crippen LogP contribution in [0.3, 0.4) is 0 Å². The molecule has 3 heterocycles. The van der Waals surface area contributed by atoms with Crippen LogP contribution in [0.15, 0.2) is 70.1 Å². The van der Waals surface area contributed by atoms with Gasteiger partial charge in [0.1, 0.15) is 11.5 Å². The highest BCUT2D eigenvalue weighted by Gasteiger charge is 2.30. The minimum absolute atomic E-state index is 0.110. The summed E-state index contributed by atoms with van der Waals surface area (Å²) in [4.78, 5) is 14.1. The van der Waals surface area contributed by atoms with Crippen molar-refractivity contribution < 1.29 is 22.1 Å². The van der Waals surface area contributed by atoms with Crippen LogP contribution in [0.4, 0.5) is 10.3 Å². The topological polar surface area (TPSA) is 89.3 Å². The Bertz CT molecular complexity index is 1410. The van der Waals surface area contributed by atoms with Gasteiger partial charge in [-0.1, -0.05) is 35.5 Å². The van der Waals surface area contributed by atoms with Gasteiger partial charge in [0, 0.05) is 22.1 Å². The molecular weight excluding hydrogens is 427 g/mol. The molecule has 0 atom stereocenters. The van der Waals surface area contributed by atoms with Crippen LogP contribution in [-0.2, 0) is 15.6 Å². The number of hydrogen-bond acceptors (Lipinski definition) is 6. The molecular formula is C21H13FN2O4S2. The first-order chi connectivity index (χ1) is 14.4. The fourth-order valence-corrected chi connectivity index (χ4v) is 6.23. The Kier molecular flexibility index (Phi) is 4.30. The van der Waals surface area contributed by atoms with Gasteiger partial charge in [0.15, 0.2) is 9.84 Å². The zero-order valence-electron chi connectivity index (χ0n) is 15.3. The Balaban J connectivity index is 1.43. The first-order valence-electron chi connectivity index (χ1n) is 8.89. The Morgan fingerprint density at radius 2 is 1.93 bits per heavy atom. The van der Waals surface area contributed by atoms with Crippen LogP contribution in [0.25, 0.3) is 21.7 Å². The van der Waals surface area contributed by atoms with Crippen molar-refractivity contribution in [1.29, 1.82) is 0 Å². The van der Waals surface area contributed by atoms with Gasteiger partial charge in [0.05, 0.1) is 15.5 Å². The Morgan fingerprint density at radius 1 is 1.10 bits per heavy atom. The number of sulfone groups is 1. The molecule has 0 radical (unpaired) electrons. The van der Waals surface area contributed by atoms with Crippen LogP contribution < -0.4 is 5.32 Å². The van der Waals surface area contributed by atoms with Gasteiger partial charge in [0.2, 0.25) is 5.88 Å². The molecule has 1 amide bonds. The van der Waals surface area contributed by atoms with E-state index in [4.69, 9.17) is 4.52 Å². The highest BCUT2D eigenvalue weighted by molar-refractivity contribution is 7.91. The molecule has 30 heavy (non-hydrogen) atoms. The van der Waals surface area contributed by atoms with Gasteiger partial charge in [-0.3, -0.25) is 10.1 Å². The highest BCUT2D eigenvalue weighted by atomic mass is 32.2. The summed E-state index contributed by atoms with van der Waals surface area (Å²) in [7, 11) is -3.44. The van der Waals surface area contributed by atoms with Crippen molar-refractivity contribution in [3.63, 3.8) is 0 Å². The van der Waals surface area contributed by atoms with Gasteiger partial charge in [-0.25, -0.2) is 12.8 Å². The summed E-state index contributed by atoms with van der Waals surface area (Å²) in [5.41, 5.74) is 2.11. The Hall–Kier alpha value is -3.30. The first kappa shape index (κ1) is 18.7. The molecule has 0 unspecified atom stereocenters. The molecule has 0 aliphatic carbocycles. The minimum Gasteiger partial charge on any atom is -0.338 e. The molecule has 0 saturated carbocycles. The van der Waals surface area contributed by atoms with Gasteiger partial charge < -0.3 is 4.52 Å². The molecule has 6 nitrogen and oxygen atoms in total. The van der Waals surface area contributed by atoms with E-state index in [9.17, 15) is 17.6 Å². The van der Waals surface area contributed by atoms with Crippen LogP contribution in [-0.4, -0.2) is 19.5 Å². The first-order valence-corrected chi connectivity index (χ1v) is 11.4. The van der Waals surface area contributed by atoms with Crippen LogP contribution in [0.2, 0.25) is 0 Å². The van der Waals surface area contributed by atoms with Crippen molar-refractivity contribution in [3.8, 4) is 21.7 Å². The maximum absolute atomic E-state index is 13.4. The van der Waals surface area contributed by atoms with Crippen molar-refractivity contribution in [2.45, 2.75) is 10.6 Å². The van der Waals surface area contributed by atoms with Gasteiger partial charge in [-0.05, 0) is 29.8 Å². The molecule has 0 saturated heterocycles. The lowest BCUT2D eigenvalue weighted by atomic mass is 10.1. The van der Waals surface area contributed by atoms with Crippen molar-refractivity contribution >= 4 is 33.0 Å². The van der Waals surface area contributed by atoms with E-state index in [2.05, 4.69) is 10.5 Å². The molecule has 0 fully saturated rings. The molecule has 4 aromatic rings. The standard InChI is InChI=1S/C21H13FN2O4S2/c22-14-5-3-4-12(8-14)16-10-19(28-24-16)23-21(25)17-9-13-11-30(26,27)18-7-2-1-6-15(18)20(13)29-17/h1-10H,11H2,(H,23,25). The summed E-state index contributed by atoms with van der Waals surface area (Å²) in [6.45, 7) is 0. The van der Waals surface area contributed by atoms with Crippen molar-refractivity contribution in [2.75, 3.05) is 5.32 Å². The van der Waals surface area contributed by atoms with Gasteiger partial charge in [0.25, 0.3) is 5.91 Å². The van der Waals surface area contributed by atoms with Crippen LogP contribution in [0, 0.1) is 5.82 Å². The predicted molar refractivity (Wildman–Crippen MR) is 110 cm³/mol. The van der Waals surface area contributed by atoms with Gasteiger partial charge >= 0.3 is 0 Å². The summed E-state index contributed by atoms with van der Waals surface area (Å²) < 4.78 is 43.6. The second-order valence-corrected chi connectivity index (χ2v) is 9.77. The third-order valence-corrected chi connectivity index (χ3v) is 7.64. The van der Waals surface area contributed by atoms with E-state index in [-0.39, 0.29) is 16.5 Å². The van der Waals surface area contributed by atoms with E-state index < -0.39 is 21.6 Å². The Labute approximate surface area is 174 Å². The molecule has 2 aromatic carbocycles. The lowest BCUT2D eigenvalue weighted by molar-refractivity contribution is 0.102. The van der Waals surface area contributed by atoms with Crippen LogP contribution in [0.5, 0.6) is 0 Å². The molecule has 150 valence electrons. The maximum Gasteiger partial charge on any atom is 0.268 e. The van der Waals surface area contributed by atoms with Crippen molar-refractivity contribution in [1.82, 2.24) is 5.16 Å². The molecule has 1 aliphatic rings. The number of thiophene rings is 1.